The molecule has 114 valence electrons. The highest BCUT2D eigenvalue weighted by atomic mass is 19.1. The van der Waals surface area contributed by atoms with E-state index in [0.29, 0.717) is 19.3 Å². The van der Waals surface area contributed by atoms with Gasteiger partial charge in [0.15, 0.2) is 0 Å². The summed E-state index contributed by atoms with van der Waals surface area (Å²) >= 11 is 0. The molecule has 0 heterocycles. The Balaban J connectivity index is 1.79. The smallest absolute Gasteiger partial charge is 0.311 e. The van der Waals surface area contributed by atoms with Crippen LogP contribution in [0.15, 0.2) is 24.3 Å². The Morgan fingerprint density at radius 3 is 2.38 bits per heavy atom. The van der Waals surface area contributed by atoms with Gasteiger partial charge in [-0.25, -0.2) is 4.39 Å². The third kappa shape index (κ3) is 4.03. The molecule has 1 aliphatic carbocycles. The molecule has 0 unspecified atom stereocenters. The third-order valence-corrected chi connectivity index (χ3v) is 4.19. The van der Waals surface area contributed by atoms with Crippen LogP contribution in [0.3, 0.4) is 0 Å². The zero-order valence-corrected chi connectivity index (χ0v) is 11.9. The van der Waals surface area contributed by atoms with E-state index in [1.165, 1.54) is 12.1 Å². The Hall–Kier alpha value is -1.91. The molecule has 2 N–H and O–H groups in total. The van der Waals surface area contributed by atoms with Crippen molar-refractivity contribution in [3.05, 3.63) is 35.6 Å². The average molecular weight is 293 g/mol. The number of hydrogen-bond acceptors (Lipinski definition) is 2. The van der Waals surface area contributed by atoms with Crippen molar-refractivity contribution in [1.29, 1.82) is 0 Å². The van der Waals surface area contributed by atoms with Crippen LogP contribution in [0, 0.1) is 11.2 Å². The molecule has 4 nitrogen and oxygen atoms in total. The van der Waals surface area contributed by atoms with Crippen molar-refractivity contribution in [3.8, 4) is 0 Å². The van der Waals surface area contributed by atoms with Gasteiger partial charge in [-0.15, -0.1) is 0 Å². The van der Waals surface area contributed by atoms with Crippen LogP contribution in [-0.4, -0.2) is 23.5 Å². The number of carbonyl (C=O) groups is 2. The summed E-state index contributed by atoms with van der Waals surface area (Å²) in [5.41, 5.74) is 0.103. The van der Waals surface area contributed by atoms with E-state index in [0.717, 1.165) is 18.4 Å². The van der Waals surface area contributed by atoms with Gasteiger partial charge in [-0.05, 0) is 37.0 Å². The molecule has 21 heavy (non-hydrogen) atoms. The van der Waals surface area contributed by atoms with Crippen molar-refractivity contribution in [2.75, 3.05) is 6.54 Å². The molecule has 1 saturated carbocycles. The molecule has 1 aromatic rings. The quantitative estimate of drug-likeness (QED) is 0.847. The summed E-state index contributed by atoms with van der Waals surface area (Å²) < 4.78 is 12.8. The number of aryl methyl sites for hydroxylation is 1. The van der Waals surface area contributed by atoms with E-state index in [1.54, 1.807) is 12.1 Å². The number of halogens is 1. The van der Waals surface area contributed by atoms with Crippen molar-refractivity contribution in [2.24, 2.45) is 5.41 Å². The maximum absolute atomic E-state index is 12.8. The molecule has 0 aliphatic heterocycles. The molecule has 1 fully saturated rings. The monoisotopic (exact) mass is 293 g/mol. The molecule has 0 atom stereocenters. The summed E-state index contributed by atoms with van der Waals surface area (Å²) in [5.74, 6) is -1.28. The lowest BCUT2D eigenvalue weighted by Crippen LogP contribution is -2.41. The SMILES string of the molecule is O=C(CCc1ccc(F)cc1)NCC1(C(=O)O)CCCC1. The van der Waals surface area contributed by atoms with E-state index in [1.807, 2.05) is 0 Å². The van der Waals surface area contributed by atoms with Crippen LogP contribution in [0.4, 0.5) is 4.39 Å². The topological polar surface area (TPSA) is 66.4 Å². The lowest BCUT2D eigenvalue weighted by Gasteiger charge is -2.23. The summed E-state index contributed by atoms with van der Waals surface area (Å²) in [6.07, 6.45) is 3.85. The number of benzene rings is 1. The van der Waals surface area contributed by atoms with Gasteiger partial charge in [0.05, 0.1) is 5.41 Å². The number of nitrogens with one attached hydrogen (secondary N) is 1. The molecular weight excluding hydrogens is 273 g/mol. The number of rotatable bonds is 6. The fraction of sp³-hybridized carbons (Fsp3) is 0.500. The molecule has 0 saturated heterocycles. The van der Waals surface area contributed by atoms with Crippen LogP contribution in [0.25, 0.3) is 0 Å². The molecule has 0 radical (unpaired) electrons. The highest BCUT2D eigenvalue weighted by Gasteiger charge is 2.41. The third-order valence-electron chi connectivity index (χ3n) is 4.19. The van der Waals surface area contributed by atoms with Gasteiger partial charge in [-0.1, -0.05) is 25.0 Å². The van der Waals surface area contributed by atoms with Crippen molar-refractivity contribution < 1.29 is 19.1 Å². The lowest BCUT2D eigenvalue weighted by atomic mass is 9.86. The maximum atomic E-state index is 12.8. The predicted molar refractivity (Wildman–Crippen MR) is 76.3 cm³/mol. The van der Waals surface area contributed by atoms with Gasteiger partial charge >= 0.3 is 5.97 Å². The fourth-order valence-electron chi connectivity index (χ4n) is 2.78. The Bertz CT molecular complexity index is 507. The summed E-state index contributed by atoms with van der Waals surface area (Å²) in [5, 5.41) is 12.1. The van der Waals surface area contributed by atoms with Gasteiger partial charge < -0.3 is 10.4 Å². The van der Waals surface area contributed by atoms with Gasteiger partial charge in [0.25, 0.3) is 0 Å². The van der Waals surface area contributed by atoms with Gasteiger partial charge in [0, 0.05) is 13.0 Å². The molecule has 5 heteroatoms. The predicted octanol–water partition coefficient (Wildman–Crippen LogP) is 2.52. The minimum absolute atomic E-state index is 0.160. The summed E-state index contributed by atoms with van der Waals surface area (Å²) in [6, 6.07) is 6.03. The van der Waals surface area contributed by atoms with Crippen molar-refractivity contribution in [3.63, 3.8) is 0 Å². The number of carbonyl (C=O) groups excluding carboxylic acids is 1. The Morgan fingerprint density at radius 2 is 1.81 bits per heavy atom. The Morgan fingerprint density at radius 1 is 1.19 bits per heavy atom. The Kier molecular flexibility index (Phi) is 4.94. The van der Waals surface area contributed by atoms with E-state index in [4.69, 9.17) is 0 Å². The normalized spacial score (nSPS) is 16.6. The van der Waals surface area contributed by atoms with Gasteiger partial charge in [-0.2, -0.15) is 0 Å². The van der Waals surface area contributed by atoms with Crippen molar-refractivity contribution >= 4 is 11.9 Å². The summed E-state index contributed by atoms with van der Waals surface area (Å²) in [6.45, 7) is 0.199. The molecule has 1 aliphatic rings. The number of aliphatic carboxylic acids is 1. The minimum Gasteiger partial charge on any atom is -0.481 e. The first kappa shape index (κ1) is 15.5. The van der Waals surface area contributed by atoms with Crippen LogP contribution in [0.5, 0.6) is 0 Å². The fourth-order valence-corrected chi connectivity index (χ4v) is 2.78. The number of hydrogen-bond donors (Lipinski definition) is 2. The second kappa shape index (κ2) is 6.70. The first-order valence-corrected chi connectivity index (χ1v) is 7.26. The standard InChI is InChI=1S/C16H20FNO3/c17-13-6-3-12(4-7-13)5-8-14(19)18-11-16(15(20)21)9-1-2-10-16/h3-4,6-7H,1-2,5,8-11H2,(H,18,19)(H,20,21). The zero-order valence-electron chi connectivity index (χ0n) is 11.9. The molecule has 2 rings (SSSR count). The highest BCUT2D eigenvalue weighted by molar-refractivity contribution is 5.79. The summed E-state index contributed by atoms with van der Waals surface area (Å²) in [4.78, 5) is 23.2. The van der Waals surface area contributed by atoms with E-state index < -0.39 is 11.4 Å². The van der Waals surface area contributed by atoms with Crippen LogP contribution < -0.4 is 5.32 Å². The van der Waals surface area contributed by atoms with E-state index in [9.17, 15) is 19.1 Å². The van der Waals surface area contributed by atoms with Gasteiger partial charge in [-0.3, -0.25) is 9.59 Å². The molecule has 0 bridgehead atoms. The first-order valence-electron chi connectivity index (χ1n) is 7.26. The van der Waals surface area contributed by atoms with Crippen LogP contribution in [-0.2, 0) is 16.0 Å². The Labute approximate surface area is 123 Å². The van der Waals surface area contributed by atoms with Crippen LogP contribution in [0.1, 0.15) is 37.7 Å². The van der Waals surface area contributed by atoms with Crippen LogP contribution in [0.2, 0.25) is 0 Å². The number of carboxylic acid groups (broad SMARTS) is 1. The van der Waals surface area contributed by atoms with E-state index in [-0.39, 0.29) is 24.7 Å². The number of amides is 1. The second-order valence-corrected chi connectivity index (χ2v) is 5.70. The largest absolute Gasteiger partial charge is 0.481 e. The first-order chi connectivity index (χ1) is 10.0. The molecule has 1 aromatic carbocycles. The second-order valence-electron chi connectivity index (χ2n) is 5.70. The lowest BCUT2D eigenvalue weighted by molar-refractivity contribution is -0.148. The zero-order chi connectivity index (χ0) is 15.3. The van der Waals surface area contributed by atoms with Gasteiger partial charge in [0.1, 0.15) is 5.82 Å². The van der Waals surface area contributed by atoms with Crippen LogP contribution >= 0.6 is 0 Å². The van der Waals surface area contributed by atoms with Crippen molar-refractivity contribution in [2.45, 2.75) is 38.5 Å². The van der Waals surface area contributed by atoms with E-state index >= 15 is 0 Å². The van der Waals surface area contributed by atoms with E-state index in [2.05, 4.69) is 5.32 Å². The van der Waals surface area contributed by atoms with Crippen molar-refractivity contribution in [1.82, 2.24) is 5.32 Å². The minimum atomic E-state index is -0.821. The maximum Gasteiger partial charge on any atom is 0.311 e. The number of carboxylic acids is 1. The molecule has 1 amide bonds. The molecule has 0 spiro atoms. The molecular formula is C16H20FNO3. The van der Waals surface area contributed by atoms with Gasteiger partial charge in [0.2, 0.25) is 5.91 Å². The summed E-state index contributed by atoms with van der Waals surface area (Å²) in [7, 11) is 0. The highest BCUT2D eigenvalue weighted by Crippen LogP contribution is 2.37. The molecule has 0 aromatic heterocycles. The average Bonchev–Trinajstić information content (AvgIpc) is 2.95.